The van der Waals surface area contributed by atoms with E-state index in [-0.39, 0.29) is 18.6 Å². The number of ether oxygens (including phenoxy) is 1. The van der Waals surface area contributed by atoms with E-state index in [1.54, 1.807) is 19.1 Å². The van der Waals surface area contributed by atoms with Crippen molar-refractivity contribution in [2.75, 3.05) is 6.61 Å². The topological polar surface area (TPSA) is 66.0 Å². The van der Waals surface area contributed by atoms with Gasteiger partial charge in [-0.2, -0.15) is 0 Å². The molecule has 0 saturated carbocycles. The lowest BCUT2D eigenvalue weighted by Gasteiger charge is -2.32. The van der Waals surface area contributed by atoms with E-state index < -0.39 is 12.0 Å². The lowest BCUT2D eigenvalue weighted by Crippen LogP contribution is -2.50. The van der Waals surface area contributed by atoms with Crippen LogP contribution >= 0.6 is 0 Å². The lowest BCUT2D eigenvalue weighted by molar-refractivity contribution is -0.138. The van der Waals surface area contributed by atoms with Crippen LogP contribution in [0.1, 0.15) is 31.0 Å². The maximum atomic E-state index is 13.5. The molecule has 2 aromatic carbocycles. The molecule has 2 atom stereocenters. The van der Waals surface area contributed by atoms with Crippen LogP contribution in [-0.4, -0.2) is 29.5 Å². The summed E-state index contributed by atoms with van der Waals surface area (Å²) in [5.74, 6) is -0.0833. The number of halogens is 1. The van der Waals surface area contributed by atoms with E-state index in [1.807, 2.05) is 37.5 Å². The first kappa shape index (κ1) is 20.7. The highest BCUT2D eigenvalue weighted by Crippen LogP contribution is 2.32. The molecule has 0 spiro atoms. The molecule has 0 bridgehead atoms. The third kappa shape index (κ3) is 4.45. The summed E-state index contributed by atoms with van der Waals surface area (Å²) in [5, 5.41) is 6.61. The van der Waals surface area contributed by atoms with Crippen molar-refractivity contribution in [3.8, 4) is 0 Å². The van der Waals surface area contributed by atoms with Crippen molar-refractivity contribution in [1.29, 1.82) is 0 Å². The summed E-state index contributed by atoms with van der Waals surface area (Å²) in [6.45, 7) is 4.56. The molecule has 0 fully saturated rings. The van der Waals surface area contributed by atoms with Gasteiger partial charge in [0, 0.05) is 24.6 Å². The van der Waals surface area contributed by atoms with Gasteiger partial charge in [0.2, 0.25) is 0 Å². The molecule has 2 aliphatic rings. The van der Waals surface area contributed by atoms with Crippen molar-refractivity contribution in [2.24, 2.45) is 4.99 Å². The molecule has 4 rings (SSSR count). The minimum atomic E-state index is -0.586. The van der Waals surface area contributed by atoms with Gasteiger partial charge in [-0.3, -0.25) is 4.99 Å². The molecule has 2 unspecified atom stereocenters. The van der Waals surface area contributed by atoms with Crippen molar-refractivity contribution in [3.63, 3.8) is 0 Å². The molecular weight excluding hydrogens is 395 g/mol. The van der Waals surface area contributed by atoms with Gasteiger partial charge in [-0.05, 0) is 37.1 Å². The molecule has 0 radical (unpaired) electrons. The second kappa shape index (κ2) is 9.04. The standard InChI is InChI=1S/C24H25FN4O2/c1-3-31-24(30)20-16(2)27-22(28-21(20)18-9-11-19(25)12-10-18)23-26-13-14-29(23)15-17-7-5-4-6-8-17/h4-14,21,23,26H,3,15H2,1-2H3,(H,27,28). The van der Waals surface area contributed by atoms with Gasteiger partial charge >= 0.3 is 5.97 Å². The maximum absolute atomic E-state index is 13.5. The first-order chi connectivity index (χ1) is 15.1. The maximum Gasteiger partial charge on any atom is 0.338 e. The fourth-order valence-electron chi connectivity index (χ4n) is 3.79. The summed E-state index contributed by atoms with van der Waals surface area (Å²) in [5.41, 5.74) is 3.00. The zero-order valence-electron chi connectivity index (χ0n) is 17.5. The lowest BCUT2D eigenvalue weighted by atomic mass is 9.95. The highest BCUT2D eigenvalue weighted by Gasteiger charge is 2.34. The number of amidine groups is 1. The number of aliphatic imine (C=N–C) groups is 1. The summed E-state index contributed by atoms with van der Waals surface area (Å²) in [7, 11) is 0. The predicted molar refractivity (Wildman–Crippen MR) is 117 cm³/mol. The van der Waals surface area contributed by atoms with E-state index in [4.69, 9.17) is 9.73 Å². The van der Waals surface area contributed by atoms with Crippen molar-refractivity contribution in [2.45, 2.75) is 32.6 Å². The number of rotatable bonds is 6. The van der Waals surface area contributed by atoms with Crippen LogP contribution in [-0.2, 0) is 16.1 Å². The van der Waals surface area contributed by atoms with Crippen LogP contribution in [0, 0.1) is 5.82 Å². The molecule has 2 aliphatic heterocycles. The summed E-state index contributed by atoms with van der Waals surface area (Å²) in [6.07, 6.45) is 3.64. The van der Waals surface area contributed by atoms with Gasteiger partial charge < -0.3 is 20.3 Å². The van der Waals surface area contributed by atoms with Gasteiger partial charge in [0.1, 0.15) is 17.7 Å². The van der Waals surface area contributed by atoms with E-state index in [1.165, 1.54) is 17.7 Å². The van der Waals surface area contributed by atoms with Crippen molar-refractivity contribution >= 4 is 11.8 Å². The Morgan fingerprint density at radius 1 is 1.16 bits per heavy atom. The highest BCUT2D eigenvalue weighted by atomic mass is 19.1. The fourth-order valence-corrected chi connectivity index (χ4v) is 3.79. The second-order valence-corrected chi connectivity index (χ2v) is 7.40. The van der Waals surface area contributed by atoms with Crippen LogP contribution < -0.4 is 10.6 Å². The Morgan fingerprint density at radius 3 is 2.61 bits per heavy atom. The molecule has 0 amide bonds. The number of carbonyl (C=O) groups excluding carboxylic acids is 1. The summed E-state index contributed by atoms with van der Waals surface area (Å²) in [4.78, 5) is 19.7. The monoisotopic (exact) mass is 420 g/mol. The van der Waals surface area contributed by atoms with Crippen LogP contribution in [0.4, 0.5) is 4.39 Å². The minimum absolute atomic E-state index is 0.221. The van der Waals surface area contributed by atoms with Gasteiger partial charge in [-0.15, -0.1) is 0 Å². The van der Waals surface area contributed by atoms with E-state index in [9.17, 15) is 9.18 Å². The number of hydrogen-bond donors (Lipinski definition) is 2. The summed E-state index contributed by atoms with van der Waals surface area (Å²) >= 11 is 0. The van der Waals surface area contributed by atoms with Gasteiger partial charge in [-0.25, -0.2) is 9.18 Å². The predicted octanol–water partition coefficient (Wildman–Crippen LogP) is 3.61. The van der Waals surface area contributed by atoms with Gasteiger partial charge in [-0.1, -0.05) is 42.5 Å². The number of nitrogens with zero attached hydrogens (tertiary/aromatic N) is 2. The van der Waals surface area contributed by atoms with Gasteiger partial charge in [0.15, 0.2) is 6.17 Å². The van der Waals surface area contributed by atoms with Crippen molar-refractivity contribution < 1.29 is 13.9 Å². The number of esters is 1. The van der Waals surface area contributed by atoms with Crippen LogP contribution in [0.25, 0.3) is 0 Å². The SMILES string of the molecule is CCOC(=O)C1=C(C)NC(C2NC=CN2Cc2ccccc2)=NC1c1ccc(F)cc1. The van der Waals surface area contributed by atoms with Crippen LogP contribution in [0.15, 0.2) is 83.3 Å². The minimum Gasteiger partial charge on any atom is -0.463 e. The Hall–Kier alpha value is -3.61. The molecule has 6 nitrogen and oxygen atoms in total. The van der Waals surface area contributed by atoms with Crippen LogP contribution in [0.5, 0.6) is 0 Å². The van der Waals surface area contributed by atoms with E-state index >= 15 is 0 Å². The third-order valence-corrected chi connectivity index (χ3v) is 5.26. The van der Waals surface area contributed by atoms with Crippen LogP contribution in [0.3, 0.4) is 0 Å². The Bertz CT molecular complexity index is 1030. The highest BCUT2D eigenvalue weighted by molar-refractivity contribution is 5.97. The average Bonchev–Trinajstić information content (AvgIpc) is 3.22. The molecule has 31 heavy (non-hydrogen) atoms. The average molecular weight is 420 g/mol. The van der Waals surface area contributed by atoms with Crippen molar-refractivity contribution in [1.82, 2.24) is 15.5 Å². The molecule has 7 heteroatoms. The quantitative estimate of drug-likeness (QED) is 0.699. The Kier molecular flexibility index (Phi) is 6.02. The number of benzene rings is 2. The van der Waals surface area contributed by atoms with Crippen LogP contribution in [0.2, 0.25) is 0 Å². The molecule has 2 N–H and O–H groups in total. The number of nitrogens with one attached hydrogen (secondary N) is 2. The molecule has 0 saturated heterocycles. The van der Waals surface area contributed by atoms with E-state index in [0.717, 1.165) is 5.56 Å². The zero-order chi connectivity index (χ0) is 21.8. The first-order valence-corrected chi connectivity index (χ1v) is 10.3. The molecule has 0 aromatic heterocycles. The van der Waals surface area contributed by atoms with Gasteiger partial charge in [0.05, 0.1) is 12.2 Å². The third-order valence-electron chi connectivity index (χ3n) is 5.26. The van der Waals surface area contributed by atoms with E-state index in [0.29, 0.717) is 23.7 Å². The molecular formula is C24H25FN4O2. The first-order valence-electron chi connectivity index (χ1n) is 10.3. The largest absolute Gasteiger partial charge is 0.463 e. The second-order valence-electron chi connectivity index (χ2n) is 7.40. The molecule has 160 valence electrons. The smallest absolute Gasteiger partial charge is 0.338 e. The number of hydrogen-bond acceptors (Lipinski definition) is 6. The summed E-state index contributed by atoms with van der Waals surface area (Å²) < 4.78 is 18.8. The molecule has 0 aliphatic carbocycles. The number of allylic oxidation sites excluding steroid dienone is 1. The zero-order valence-corrected chi connectivity index (χ0v) is 17.5. The Morgan fingerprint density at radius 2 is 1.90 bits per heavy atom. The summed E-state index contributed by atoms with van der Waals surface area (Å²) in [6, 6.07) is 15.6. The Balaban J connectivity index is 1.66. The molecule has 2 aromatic rings. The van der Waals surface area contributed by atoms with Crippen molar-refractivity contribution in [3.05, 3.63) is 95.2 Å². The normalized spacial score (nSPS) is 20.2. The fraction of sp³-hybridized carbons (Fsp3) is 0.250. The van der Waals surface area contributed by atoms with E-state index in [2.05, 4.69) is 27.7 Å². The molecule has 2 heterocycles. The van der Waals surface area contributed by atoms with Gasteiger partial charge in [0.25, 0.3) is 0 Å². The Labute approximate surface area is 181 Å². The number of carbonyl (C=O) groups is 1.